The highest BCUT2D eigenvalue weighted by atomic mass is 16.2. The summed E-state index contributed by atoms with van der Waals surface area (Å²) >= 11 is 0. The molecule has 108 valence electrons. The Morgan fingerprint density at radius 3 is 2.37 bits per heavy atom. The molecule has 1 N–H and O–H groups in total. The largest absolute Gasteiger partial charge is 0.344 e. The van der Waals surface area contributed by atoms with Crippen molar-refractivity contribution in [1.82, 2.24) is 10.2 Å². The average Bonchev–Trinajstić information content (AvgIpc) is 2.48. The predicted molar refractivity (Wildman–Crippen MR) is 74.5 cm³/mol. The lowest BCUT2D eigenvalue weighted by molar-refractivity contribution is -0.136. The van der Waals surface area contributed by atoms with Crippen molar-refractivity contribution in [2.45, 2.75) is 65.0 Å². The summed E-state index contributed by atoms with van der Waals surface area (Å²) in [6.45, 7) is 7.08. The summed E-state index contributed by atoms with van der Waals surface area (Å²) in [5, 5.41) is 2.84. The van der Waals surface area contributed by atoms with Crippen LogP contribution in [-0.4, -0.2) is 35.3 Å². The number of carbonyl (C=O) groups is 2. The van der Waals surface area contributed by atoms with Gasteiger partial charge in [-0.25, -0.2) is 0 Å². The van der Waals surface area contributed by atoms with Crippen LogP contribution in [0.5, 0.6) is 0 Å². The molecule has 1 aliphatic heterocycles. The standard InChI is InChI=1S/C15H26N2O2/c1-4-13-15(19)17(6-5-14(18)16-13)12-8-10(2)7-11(3)9-12/h10-13H,4-9H2,1-3H3,(H,16,18). The molecule has 2 fully saturated rings. The van der Waals surface area contributed by atoms with Gasteiger partial charge in [-0.3, -0.25) is 9.59 Å². The molecule has 0 bridgehead atoms. The number of carbonyl (C=O) groups excluding carboxylic acids is 2. The minimum absolute atomic E-state index is 0.0135. The lowest BCUT2D eigenvalue weighted by Gasteiger charge is -2.39. The summed E-state index contributed by atoms with van der Waals surface area (Å²) in [5.41, 5.74) is 0. The second-order valence-corrected chi connectivity index (χ2v) is 6.38. The van der Waals surface area contributed by atoms with Crippen LogP contribution in [0.25, 0.3) is 0 Å². The van der Waals surface area contributed by atoms with Gasteiger partial charge in [-0.15, -0.1) is 0 Å². The van der Waals surface area contributed by atoms with Crippen molar-refractivity contribution in [2.75, 3.05) is 6.54 Å². The summed E-state index contributed by atoms with van der Waals surface area (Å²) in [6.07, 6.45) is 4.55. The predicted octanol–water partition coefficient (Wildman–Crippen LogP) is 1.94. The first-order valence-electron chi connectivity index (χ1n) is 7.61. The highest BCUT2D eigenvalue weighted by Gasteiger charge is 2.35. The number of hydrogen-bond acceptors (Lipinski definition) is 2. The molecule has 1 aliphatic carbocycles. The van der Waals surface area contributed by atoms with Crippen LogP contribution in [0.1, 0.15) is 52.9 Å². The third-order valence-electron chi connectivity index (χ3n) is 4.50. The van der Waals surface area contributed by atoms with E-state index in [1.807, 2.05) is 11.8 Å². The monoisotopic (exact) mass is 266 g/mol. The SMILES string of the molecule is CCC1NC(=O)CCN(C2CC(C)CC(C)C2)C1=O. The quantitative estimate of drug-likeness (QED) is 0.830. The van der Waals surface area contributed by atoms with Crippen LogP contribution in [0.2, 0.25) is 0 Å². The first-order valence-corrected chi connectivity index (χ1v) is 7.61. The molecule has 2 amide bonds. The van der Waals surface area contributed by atoms with E-state index < -0.39 is 0 Å². The van der Waals surface area contributed by atoms with Crippen molar-refractivity contribution in [3.8, 4) is 0 Å². The van der Waals surface area contributed by atoms with E-state index in [1.165, 1.54) is 6.42 Å². The summed E-state index contributed by atoms with van der Waals surface area (Å²) < 4.78 is 0. The molecule has 0 aromatic carbocycles. The molecule has 2 aliphatic rings. The van der Waals surface area contributed by atoms with Gasteiger partial charge in [-0.2, -0.15) is 0 Å². The number of hydrogen-bond donors (Lipinski definition) is 1. The van der Waals surface area contributed by atoms with Crippen LogP contribution in [0.4, 0.5) is 0 Å². The van der Waals surface area contributed by atoms with Gasteiger partial charge in [0.1, 0.15) is 6.04 Å². The molecule has 0 aromatic rings. The van der Waals surface area contributed by atoms with E-state index in [4.69, 9.17) is 0 Å². The molecule has 3 unspecified atom stereocenters. The zero-order valence-electron chi connectivity index (χ0n) is 12.3. The van der Waals surface area contributed by atoms with Crippen molar-refractivity contribution < 1.29 is 9.59 Å². The molecule has 4 nitrogen and oxygen atoms in total. The Morgan fingerprint density at radius 2 is 1.79 bits per heavy atom. The first kappa shape index (κ1) is 14.4. The second-order valence-electron chi connectivity index (χ2n) is 6.38. The normalized spacial score (nSPS) is 36.9. The number of amides is 2. The summed E-state index contributed by atoms with van der Waals surface area (Å²) in [7, 11) is 0. The number of nitrogens with zero attached hydrogens (tertiary/aromatic N) is 1. The van der Waals surface area contributed by atoms with E-state index in [2.05, 4.69) is 19.2 Å². The average molecular weight is 266 g/mol. The van der Waals surface area contributed by atoms with Gasteiger partial charge in [0.05, 0.1) is 0 Å². The highest BCUT2D eigenvalue weighted by molar-refractivity contribution is 5.90. The van der Waals surface area contributed by atoms with Crippen molar-refractivity contribution in [3.05, 3.63) is 0 Å². The molecule has 0 radical (unpaired) electrons. The van der Waals surface area contributed by atoms with Gasteiger partial charge in [0.25, 0.3) is 0 Å². The molecule has 2 rings (SSSR count). The fourth-order valence-corrected chi connectivity index (χ4v) is 3.66. The summed E-state index contributed by atoms with van der Waals surface area (Å²) in [6, 6.07) is 0.00976. The third kappa shape index (κ3) is 3.28. The highest BCUT2D eigenvalue weighted by Crippen LogP contribution is 2.32. The molecule has 1 saturated carbocycles. The minimum atomic E-state index is -0.317. The summed E-state index contributed by atoms with van der Waals surface area (Å²) in [5.74, 6) is 1.49. The van der Waals surface area contributed by atoms with Crippen molar-refractivity contribution in [1.29, 1.82) is 0 Å². The Bertz CT molecular complexity index is 346. The lowest BCUT2D eigenvalue weighted by Crippen LogP contribution is -2.50. The van der Waals surface area contributed by atoms with E-state index >= 15 is 0 Å². The molecular formula is C15H26N2O2. The van der Waals surface area contributed by atoms with Crippen molar-refractivity contribution in [3.63, 3.8) is 0 Å². The van der Waals surface area contributed by atoms with Gasteiger partial charge >= 0.3 is 0 Å². The van der Waals surface area contributed by atoms with Crippen LogP contribution in [-0.2, 0) is 9.59 Å². The van der Waals surface area contributed by atoms with Crippen LogP contribution < -0.4 is 5.32 Å². The topological polar surface area (TPSA) is 49.4 Å². The van der Waals surface area contributed by atoms with Gasteiger partial charge in [0.2, 0.25) is 11.8 Å². The van der Waals surface area contributed by atoms with Gasteiger partial charge in [-0.05, 0) is 37.5 Å². The maximum Gasteiger partial charge on any atom is 0.245 e. The maximum absolute atomic E-state index is 12.5. The van der Waals surface area contributed by atoms with Gasteiger partial charge in [0.15, 0.2) is 0 Å². The smallest absolute Gasteiger partial charge is 0.245 e. The van der Waals surface area contributed by atoms with Crippen LogP contribution in [0, 0.1) is 11.8 Å². The molecule has 3 atom stereocenters. The second kappa shape index (κ2) is 5.93. The van der Waals surface area contributed by atoms with E-state index in [0.717, 1.165) is 12.8 Å². The minimum Gasteiger partial charge on any atom is -0.344 e. The molecule has 0 aromatic heterocycles. The molecule has 4 heteroatoms. The van der Waals surface area contributed by atoms with Crippen LogP contribution in [0.3, 0.4) is 0 Å². The van der Waals surface area contributed by atoms with E-state index in [0.29, 0.717) is 37.3 Å². The Balaban J connectivity index is 2.12. The Hall–Kier alpha value is -1.06. The van der Waals surface area contributed by atoms with Gasteiger partial charge in [-0.1, -0.05) is 20.8 Å². The number of nitrogens with one attached hydrogen (secondary N) is 1. The van der Waals surface area contributed by atoms with E-state index in [-0.39, 0.29) is 17.9 Å². The molecule has 1 saturated heterocycles. The Morgan fingerprint density at radius 1 is 1.16 bits per heavy atom. The van der Waals surface area contributed by atoms with E-state index in [1.54, 1.807) is 0 Å². The summed E-state index contributed by atoms with van der Waals surface area (Å²) in [4.78, 5) is 26.2. The van der Waals surface area contributed by atoms with Crippen LogP contribution in [0.15, 0.2) is 0 Å². The van der Waals surface area contributed by atoms with Crippen LogP contribution >= 0.6 is 0 Å². The first-order chi connectivity index (χ1) is 9.01. The Labute approximate surface area is 115 Å². The Kier molecular flexibility index (Phi) is 4.48. The molecule has 0 spiro atoms. The van der Waals surface area contributed by atoms with Gasteiger partial charge < -0.3 is 10.2 Å². The van der Waals surface area contributed by atoms with E-state index in [9.17, 15) is 9.59 Å². The number of rotatable bonds is 2. The third-order valence-corrected chi connectivity index (χ3v) is 4.50. The maximum atomic E-state index is 12.5. The molecule has 19 heavy (non-hydrogen) atoms. The van der Waals surface area contributed by atoms with Gasteiger partial charge in [0, 0.05) is 19.0 Å². The zero-order chi connectivity index (χ0) is 14.0. The molecule has 1 heterocycles. The lowest BCUT2D eigenvalue weighted by atomic mass is 9.79. The molecular weight excluding hydrogens is 240 g/mol. The fraction of sp³-hybridized carbons (Fsp3) is 0.867. The van der Waals surface area contributed by atoms with Crippen molar-refractivity contribution in [2.24, 2.45) is 11.8 Å². The fourth-order valence-electron chi connectivity index (χ4n) is 3.66. The zero-order valence-corrected chi connectivity index (χ0v) is 12.3. The van der Waals surface area contributed by atoms with Crippen molar-refractivity contribution >= 4 is 11.8 Å².